The van der Waals surface area contributed by atoms with Crippen molar-refractivity contribution in [2.45, 2.75) is 17.7 Å². The number of hydrogen-bond acceptors (Lipinski definition) is 9. The quantitative estimate of drug-likeness (QED) is 0.313. The molecule has 0 aliphatic heterocycles. The van der Waals surface area contributed by atoms with Crippen molar-refractivity contribution >= 4 is 34.9 Å². The summed E-state index contributed by atoms with van der Waals surface area (Å²) < 4.78 is 13.6. The summed E-state index contributed by atoms with van der Waals surface area (Å²) in [5.41, 5.74) is 1.50. The first kappa shape index (κ1) is 26.3. The van der Waals surface area contributed by atoms with Gasteiger partial charge in [0.25, 0.3) is 5.91 Å². The van der Waals surface area contributed by atoms with Crippen molar-refractivity contribution in [2.24, 2.45) is 17.6 Å². The van der Waals surface area contributed by atoms with Crippen LogP contribution in [-0.2, 0) is 14.4 Å². The van der Waals surface area contributed by atoms with Crippen LogP contribution in [0, 0.1) is 17.7 Å². The summed E-state index contributed by atoms with van der Waals surface area (Å²) >= 11 is 0. The number of aliphatic hydroxyl groups is 4. The minimum atomic E-state index is -3.02. The normalized spacial score (nSPS) is 29.4. The number of aromatic hydroxyl groups is 1. The Bertz CT molecular complexity index is 1540. The van der Waals surface area contributed by atoms with Crippen LogP contribution in [0.4, 0.5) is 4.39 Å². The third kappa shape index (κ3) is 3.54. The molecule has 5 atom stereocenters. The van der Waals surface area contributed by atoms with Gasteiger partial charge in [-0.1, -0.05) is 30.3 Å². The second-order valence-electron chi connectivity index (χ2n) is 10.1. The van der Waals surface area contributed by atoms with Crippen LogP contribution in [0.2, 0.25) is 0 Å². The molecule has 0 saturated heterocycles. The Kier molecular flexibility index (Phi) is 5.98. The molecule has 202 valence electrons. The van der Waals surface area contributed by atoms with Crippen LogP contribution >= 0.6 is 0 Å². The standard InChI is InChI=1S/C28H25FN2O8/c1-31(2)21-20-23(34)17-14(10-11-6-8-12(29)9-7-11)13-4-3-5-15(32)16(13)22(33)18(17)25(36)28(20,39)26(37)19(24(21)35)27(30)38/h3-10,17,20-21,23,32-34,37,39H,1-2H3,(H2,30,38)/b14-10+/t17-,20-,21+,23+,28+/m1/s1. The molecule has 0 aromatic heterocycles. The molecular weight excluding hydrogens is 511 g/mol. The Balaban J connectivity index is 1.86. The van der Waals surface area contributed by atoms with Crippen molar-refractivity contribution < 1.29 is 44.3 Å². The maximum absolute atomic E-state index is 14.1. The van der Waals surface area contributed by atoms with Gasteiger partial charge in [0, 0.05) is 5.92 Å². The number of primary amides is 1. The lowest BCUT2D eigenvalue weighted by atomic mass is 9.55. The number of nitrogens with two attached hydrogens (primary N) is 1. The number of phenolic OH excluding ortho intramolecular Hbond substituents is 1. The molecule has 3 aliphatic carbocycles. The summed E-state index contributed by atoms with van der Waals surface area (Å²) in [6.45, 7) is 0. The van der Waals surface area contributed by atoms with E-state index in [4.69, 9.17) is 5.73 Å². The molecule has 0 heterocycles. The fourth-order valence-electron chi connectivity index (χ4n) is 6.05. The van der Waals surface area contributed by atoms with Crippen LogP contribution < -0.4 is 5.73 Å². The van der Waals surface area contributed by atoms with Gasteiger partial charge in [-0.15, -0.1) is 0 Å². The minimum Gasteiger partial charge on any atom is -0.508 e. The summed E-state index contributed by atoms with van der Waals surface area (Å²) in [4.78, 5) is 40.8. The Labute approximate surface area is 221 Å². The number of carbonyl (C=O) groups is 3. The molecule has 1 fully saturated rings. The molecule has 0 bridgehead atoms. The Morgan fingerprint density at radius 1 is 1.08 bits per heavy atom. The van der Waals surface area contributed by atoms with E-state index >= 15 is 0 Å². The average Bonchev–Trinajstić information content (AvgIpc) is 2.86. The number of rotatable bonds is 3. The van der Waals surface area contributed by atoms with Gasteiger partial charge >= 0.3 is 0 Å². The van der Waals surface area contributed by atoms with Gasteiger partial charge in [0.15, 0.2) is 11.4 Å². The molecule has 2 aromatic rings. The summed E-state index contributed by atoms with van der Waals surface area (Å²) in [5.74, 6) is -9.73. The molecule has 11 heteroatoms. The lowest BCUT2D eigenvalue weighted by Crippen LogP contribution is -2.70. The zero-order valence-corrected chi connectivity index (χ0v) is 20.8. The predicted octanol–water partition coefficient (Wildman–Crippen LogP) is 1.07. The zero-order chi connectivity index (χ0) is 28.5. The zero-order valence-electron chi connectivity index (χ0n) is 20.8. The van der Waals surface area contributed by atoms with Crippen molar-refractivity contribution in [3.8, 4) is 5.75 Å². The van der Waals surface area contributed by atoms with E-state index in [9.17, 15) is 44.3 Å². The molecule has 2 aromatic carbocycles. The van der Waals surface area contributed by atoms with Crippen LogP contribution in [-0.4, -0.2) is 79.7 Å². The van der Waals surface area contributed by atoms with E-state index in [0.717, 1.165) is 0 Å². The Morgan fingerprint density at radius 2 is 1.72 bits per heavy atom. The number of benzene rings is 2. The van der Waals surface area contributed by atoms with E-state index in [0.29, 0.717) is 5.56 Å². The molecule has 1 amide bonds. The largest absolute Gasteiger partial charge is 0.508 e. The third-order valence-corrected chi connectivity index (χ3v) is 7.72. The van der Waals surface area contributed by atoms with Crippen LogP contribution in [0.1, 0.15) is 16.7 Å². The number of ketones is 2. The number of phenols is 1. The molecule has 7 N–H and O–H groups in total. The lowest BCUT2D eigenvalue weighted by Gasteiger charge is -2.53. The van der Waals surface area contributed by atoms with Gasteiger partial charge < -0.3 is 31.3 Å². The van der Waals surface area contributed by atoms with Gasteiger partial charge in [0.05, 0.1) is 29.2 Å². The summed E-state index contributed by atoms with van der Waals surface area (Å²) in [6.07, 6.45) is -0.268. The number of likely N-dealkylation sites (N-methyl/N-ethyl adjacent to an activating group) is 1. The highest BCUT2D eigenvalue weighted by molar-refractivity contribution is 6.25. The maximum atomic E-state index is 14.1. The fourth-order valence-corrected chi connectivity index (χ4v) is 6.05. The Morgan fingerprint density at radius 3 is 2.31 bits per heavy atom. The van der Waals surface area contributed by atoms with Gasteiger partial charge in [0.1, 0.15) is 28.7 Å². The van der Waals surface area contributed by atoms with Gasteiger partial charge in [-0.25, -0.2) is 4.39 Å². The number of halogens is 1. The van der Waals surface area contributed by atoms with Crippen molar-refractivity contribution in [3.63, 3.8) is 0 Å². The highest BCUT2D eigenvalue weighted by Crippen LogP contribution is 2.56. The smallest absolute Gasteiger partial charge is 0.255 e. The fraction of sp³-hybridized carbons (Fsp3) is 0.250. The second kappa shape index (κ2) is 8.87. The number of hydrogen-bond donors (Lipinski definition) is 6. The molecule has 39 heavy (non-hydrogen) atoms. The number of aliphatic hydroxyl groups excluding tert-OH is 3. The summed E-state index contributed by atoms with van der Waals surface area (Å²) in [6, 6.07) is 8.08. The van der Waals surface area contributed by atoms with E-state index < -0.39 is 81.3 Å². The van der Waals surface area contributed by atoms with E-state index in [1.54, 1.807) is 0 Å². The molecule has 10 nitrogen and oxygen atoms in total. The van der Waals surface area contributed by atoms with Crippen molar-refractivity contribution in [2.75, 3.05) is 14.1 Å². The first-order valence-electron chi connectivity index (χ1n) is 11.9. The van der Waals surface area contributed by atoms with Crippen LogP contribution in [0.15, 0.2) is 59.4 Å². The summed E-state index contributed by atoms with van der Waals surface area (Å²) in [7, 11) is 2.85. The van der Waals surface area contributed by atoms with Gasteiger partial charge in [-0.3, -0.25) is 19.3 Å². The third-order valence-electron chi connectivity index (χ3n) is 7.72. The Hall–Kier alpha value is -4.32. The topological polar surface area (TPSA) is 182 Å². The van der Waals surface area contributed by atoms with Crippen molar-refractivity contribution in [1.29, 1.82) is 0 Å². The minimum absolute atomic E-state index is 0.172. The van der Waals surface area contributed by atoms with Gasteiger partial charge in [0.2, 0.25) is 5.78 Å². The predicted molar refractivity (Wildman–Crippen MR) is 136 cm³/mol. The number of fused-ring (bicyclic) bond motifs is 3. The number of nitrogens with zero attached hydrogens (tertiary/aromatic N) is 1. The maximum Gasteiger partial charge on any atom is 0.255 e. The van der Waals surface area contributed by atoms with E-state index in [1.165, 1.54) is 67.5 Å². The van der Waals surface area contributed by atoms with Crippen LogP contribution in [0.3, 0.4) is 0 Å². The molecular formula is C28H25FN2O8. The molecule has 1 saturated carbocycles. The van der Waals surface area contributed by atoms with Crippen LogP contribution in [0.5, 0.6) is 5.75 Å². The first-order chi connectivity index (χ1) is 18.3. The van der Waals surface area contributed by atoms with Crippen LogP contribution in [0.25, 0.3) is 17.4 Å². The van der Waals surface area contributed by atoms with E-state index in [2.05, 4.69) is 0 Å². The number of Topliss-reactive ketones (excluding diaryl/α,β-unsaturated/α-hetero) is 2. The molecule has 0 unspecified atom stereocenters. The molecule has 0 spiro atoms. The second-order valence-corrected chi connectivity index (χ2v) is 10.1. The van der Waals surface area contributed by atoms with Gasteiger partial charge in [-0.2, -0.15) is 0 Å². The van der Waals surface area contributed by atoms with Crippen molar-refractivity contribution in [3.05, 3.63) is 81.9 Å². The average molecular weight is 537 g/mol. The number of carbonyl (C=O) groups excluding carboxylic acids is 3. The molecule has 3 aliphatic rings. The highest BCUT2D eigenvalue weighted by atomic mass is 19.1. The number of amides is 1. The first-order valence-corrected chi connectivity index (χ1v) is 11.9. The molecule has 0 radical (unpaired) electrons. The van der Waals surface area contributed by atoms with E-state index in [-0.39, 0.29) is 16.7 Å². The lowest BCUT2D eigenvalue weighted by molar-refractivity contribution is -0.166. The molecule has 5 rings (SSSR count). The SMILES string of the molecule is CN(C)[C@@H]1C(=O)C(C(N)=O)=C(O)[C@@]2(O)C(=O)C3=C(O)c4c(O)cccc4/C(=C\c4ccc(F)cc4)[C@H]3[C@H](O)[C@@H]12. The van der Waals surface area contributed by atoms with Gasteiger partial charge in [-0.05, 0) is 49.0 Å². The highest BCUT2D eigenvalue weighted by Gasteiger charge is 2.68. The summed E-state index contributed by atoms with van der Waals surface area (Å²) in [5, 5.41) is 56.4. The van der Waals surface area contributed by atoms with Crippen molar-refractivity contribution in [1.82, 2.24) is 4.90 Å². The van der Waals surface area contributed by atoms with E-state index in [1.807, 2.05) is 0 Å². The monoisotopic (exact) mass is 536 g/mol.